The molecule has 632 valence electrons. The van der Waals surface area contributed by atoms with Crippen molar-refractivity contribution in [2.45, 2.75) is 476 Å². The normalized spacial score (nSPS) is 13.8. The molecule has 5 atom stereocenters. The van der Waals surface area contributed by atoms with Gasteiger partial charge in [-0.25, -0.2) is 9.13 Å². The lowest BCUT2D eigenvalue weighted by Crippen LogP contribution is -2.30. The second-order valence-corrected chi connectivity index (χ2v) is 33.9. The minimum atomic E-state index is -4.97. The van der Waals surface area contributed by atoms with Crippen LogP contribution in [0, 0.1) is 0 Å². The second kappa shape index (κ2) is 81.6. The lowest BCUT2D eigenvalue weighted by atomic mass is 10.0. The number of carbonyl (C=O) groups is 4. The molecule has 0 heterocycles. The maximum absolute atomic E-state index is 13.2. The number of ether oxygens (including phenoxy) is 4. The van der Waals surface area contributed by atoms with Crippen LogP contribution >= 0.6 is 15.6 Å². The number of hydrogen-bond acceptors (Lipinski definition) is 15. The van der Waals surface area contributed by atoms with E-state index in [2.05, 4.69) is 52.0 Å². The minimum Gasteiger partial charge on any atom is -0.462 e. The molecule has 3 N–H and O–H groups in total. The van der Waals surface area contributed by atoms with E-state index in [1.807, 2.05) is 0 Å². The average molecular weight is 1560 g/mol. The van der Waals surface area contributed by atoms with Gasteiger partial charge in [0, 0.05) is 25.7 Å². The largest absolute Gasteiger partial charge is 0.472 e. The number of carbonyl (C=O) groups excluding carboxylic acids is 4. The van der Waals surface area contributed by atoms with Crippen molar-refractivity contribution in [1.29, 1.82) is 0 Å². The summed E-state index contributed by atoms with van der Waals surface area (Å²) in [5.74, 6) is -2.13. The molecule has 0 aliphatic carbocycles. The predicted molar refractivity (Wildman–Crippen MR) is 441 cm³/mol. The highest BCUT2D eigenvalue weighted by molar-refractivity contribution is 7.47. The molecule has 0 rings (SSSR count). The van der Waals surface area contributed by atoms with Gasteiger partial charge in [0.05, 0.1) is 26.4 Å². The summed E-state index contributed by atoms with van der Waals surface area (Å²) in [4.78, 5) is 73.3. The Hall–Kier alpha value is -2.46. The molecule has 0 spiro atoms. The summed E-state index contributed by atoms with van der Waals surface area (Å²) in [6.45, 7) is 5.00. The Morgan fingerprint density at radius 1 is 0.262 bits per heavy atom. The van der Waals surface area contributed by atoms with Crippen LogP contribution in [-0.4, -0.2) is 96.7 Å². The van der Waals surface area contributed by atoms with E-state index in [0.29, 0.717) is 25.7 Å². The van der Waals surface area contributed by atoms with E-state index in [0.717, 1.165) is 103 Å². The molecule has 0 aromatic rings. The Bertz CT molecular complexity index is 2110. The molecule has 107 heavy (non-hydrogen) atoms. The Morgan fingerprint density at radius 3 is 0.682 bits per heavy atom. The summed E-state index contributed by atoms with van der Waals surface area (Å²) >= 11 is 0. The van der Waals surface area contributed by atoms with Crippen LogP contribution in [-0.2, 0) is 65.4 Å². The van der Waals surface area contributed by atoms with Crippen LogP contribution in [0.1, 0.15) is 458 Å². The minimum absolute atomic E-state index is 0.0861. The summed E-state index contributed by atoms with van der Waals surface area (Å²) in [5, 5.41) is 10.7. The van der Waals surface area contributed by atoms with Gasteiger partial charge in [-0.3, -0.25) is 37.3 Å². The van der Waals surface area contributed by atoms with Crippen LogP contribution < -0.4 is 0 Å². The average Bonchev–Trinajstić information content (AvgIpc) is 0.902. The fourth-order valence-corrected chi connectivity index (χ4v) is 14.9. The topological polar surface area (TPSA) is 237 Å². The first-order valence-corrected chi connectivity index (χ1v) is 48.1. The SMILES string of the molecule is CCCCCC/C=C\C=C/CCCCCCCC(=O)O[C@H](COC(=O)CCCCCCCCCCCCCC)COP(=O)(O)OC[C@H](O)COP(=O)(O)OC[C@@H](COC(=O)CCCCCCCCCCCCCCCCCCCCCC)OC(=O)CCCCCCCCCCCCCCCCCCCCCC. The number of esters is 4. The zero-order valence-electron chi connectivity index (χ0n) is 69.6. The first-order valence-electron chi connectivity index (χ1n) is 45.1. The van der Waals surface area contributed by atoms with E-state index in [4.69, 9.17) is 37.0 Å². The summed E-state index contributed by atoms with van der Waals surface area (Å²) < 4.78 is 68.9. The smallest absolute Gasteiger partial charge is 0.462 e. The van der Waals surface area contributed by atoms with Crippen molar-refractivity contribution >= 4 is 39.5 Å². The Morgan fingerprint density at radius 2 is 0.449 bits per heavy atom. The van der Waals surface area contributed by atoms with E-state index in [1.165, 1.54) is 276 Å². The number of rotatable bonds is 87. The first kappa shape index (κ1) is 105. The van der Waals surface area contributed by atoms with Crippen LogP contribution in [0.2, 0.25) is 0 Å². The Kier molecular flexibility index (Phi) is 79.7. The molecular formula is C88H168O17P2. The third-order valence-electron chi connectivity index (χ3n) is 20.2. The molecule has 19 heteroatoms. The molecule has 2 unspecified atom stereocenters. The number of unbranched alkanes of at least 4 members (excludes halogenated alkanes) is 58. The van der Waals surface area contributed by atoms with Gasteiger partial charge >= 0.3 is 39.5 Å². The molecular weight excluding hydrogens is 1390 g/mol. The van der Waals surface area contributed by atoms with Gasteiger partial charge in [-0.1, -0.05) is 405 Å². The highest BCUT2D eigenvalue weighted by Gasteiger charge is 2.30. The van der Waals surface area contributed by atoms with Crippen LogP contribution in [0.15, 0.2) is 24.3 Å². The quantitative estimate of drug-likeness (QED) is 0.0169. The van der Waals surface area contributed by atoms with Crippen LogP contribution in [0.25, 0.3) is 0 Å². The monoisotopic (exact) mass is 1560 g/mol. The fourth-order valence-electron chi connectivity index (χ4n) is 13.3. The van der Waals surface area contributed by atoms with Gasteiger partial charge in [-0.2, -0.15) is 0 Å². The van der Waals surface area contributed by atoms with Gasteiger partial charge in [0.15, 0.2) is 12.2 Å². The fraction of sp³-hybridized carbons (Fsp3) is 0.909. The van der Waals surface area contributed by atoms with E-state index < -0.39 is 97.5 Å². The zero-order valence-corrected chi connectivity index (χ0v) is 71.4. The number of aliphatic hydroxyl groups is 1. The van der Waals surface area contributed by atoms with E-state index in [1.54, 1.807) is 0 Å². The number of aliphatic hydroxyl groups excluding tert-OH is 1. The van der Waals surface area contributed by atoms with Crippen molar-refractivity contribution in [3.8, 4) is 0 Å². The van der Waals surface area contributed by atoms with Gasteiger partial charge < -0.3 is 33.8 Å². The number of phosphoric ester groups is 2. The van der Waals surface area contributed by atoms with Gasteiger partial charge in [-0.05, 0) is 51.4 Å². The van der Waals surface area contributed by atoms with Crippen molar-refractivity contribution in [3.63, 3.8) is 0 Å². The predicted octanol–water partition coefficient (Wildman–Crippen LogP) is 26.9. The van der Waals surface area contributed by atoms with Gasteiger partial charge in [0.1, 0.15) is 19.3 Å². The molecule has 17 nitrogen and oxygen atoms in total. The maximum Gasteiger partial charge on any atom is 0.472 e. The van der Waals surface area contributed by atoms with Crippen LogP contribution in [0.3, 0.4) is 0 Å². The van der Waals surface area contributed by atoms with E-state index >= 15 is 0 Å². The Balaban J connectivity index is 5.27. The van der Waals surface area contributed by atoms with Gasteiger partial charge in [-0.15, -0.1) is 0 Å². The van der Waals surface area contributed by atoms with Crippen molar-refractivity contribution in [3.05, 3.63) is 24.3 Å². The maximum atomic E-state index is 13.2. The van der Waals surface area contributed by atoms with E-state index in [-0.39, 0.29) is 25.7 Å². The summed E-state index contributed by atoms with van der Waals surface area (Å²) in [6, 6.07) is 0. The van der Waals surface area contributed by atoms with Gasteiger partial charge in [0.25, 0.3) is 0 Å². The molecule has 0 amide bonds. The summed E-state index contributed by atoms with van der Waals surface area (Å²) in [7, 11) is -9.94. The van der Waals surface area contributed by atoms with Crippen LogP contribution in [0.5, 0.6) is 0 Å². The number of allylic oxidation sites excluding steroid dienone is 4. The van der Waals surface area contributed by atoms with Crippen LogP contribution in [0.4, 0.5) is 0 Å². The lowest BCUT2D eigenvalue weighted by Gasteiger charge is -2.21. The lowest BCUT2D eigenvalue weighted by molar-refractivity contribution is -0.161. The molecule has 0 saturated carbocycles. The highest BCUT2D eigenvalue weighted by atomic mass is 31.2. The van der Waals surface area contributed by atoms with Crippen molar-refractivity contribution < 1.29 is 80.2 Å². The highest BCUT2D eigenvalue weighted by Crippen LogP contribution is 2.45. The van der Waals surface area contributed by atoms with Gasteiger partial charge in [0.2, 0.25) is 0 Å². The zero-order chi connectivity index (χ0) is 78.1. The Labute approximate surface area is 656 Å². The third kappa shape index (κ3) is 81.4. The van der Waals surface area contributed by atoms with E-state index in [9.17, 15) is 43.2 Å². The number of phosphoric acid groups is 2. The van der Waals surface area contributed by atoms with Crippen molar-refractivity contribution in [2.24, 2.45) is 0 Å². The molecule has 0 bridgehead atoms. The molecule has 0 aromatic heterocycles. The van der Waals surface area contributed by atoms with Crippen molar-refractivity contribution in [1.82, 2.24) is 0 Å². The molecule has 0 aliphatic heterocycles. The van der Waals surface area contributed by atoms with Crippen molar-refractivity contribution in [2.75, 3.05) is 39.6 Å². The summed E-state index contributed by atoms with van der Waals surface area (Å²) in [6.07, 6.45) is 80.0. The third-order valence-corrected chi connectivity index (χ3v) is 22.1. The molecule has 0 fully saturated rings. The summed E-state index contributed by atoms with van der Waals surface area (Å²) in [5.41, 5.74) is 0. The molecule has 0 radical (unpaired) electrons. The number of hydrogen-bond donors (Lipinski definition) is 3. The molecule has 0 saturated heterocycles. The second-order valence-electron chi connectivity index (χ2n) is 30.9. The standard InChI is InChI=1S/C88H168O17P2/c1-5-9-13-17-21-25-29-33-36-38-40-42-44-47-49-53-57-61-65-69-73-86(91)99-79-84(105-88(93)75-71-67-63-59-55-51-48-45-43-41-39-37-34-30-26-22-18-14-10-6-2)81-103-107(96,97)101-77-82(89)76-100-106(94,95)102-80-83(78-98-85(90)72-68-64-60-56-52-32-28-24-20-16-12-8-4)104-87(92)74-70-66-62-58-54-50-46-35-31-27-23-19-15-11-7-3/h27,31,35,46,82-84,89H,5-26,28-30,32-34,36-45,47-81H2,1-4H3,(H,94,95)(H,96,97)/b31-27-,46-35-/t82-,83+,84+/m0/s1. The first-order chi connectivity index (χ1) is 52.2. The molecule has 0 aliphatic rings. The molecule has 0 aromatic carbocycles.